The molecule has 3 nitrogen and oxygen atoms in total. The fraction of sp³-hybridized carbons (Fsp3) is 0.706. The van der Waals surface area contributed by atoms with Gasteiger partial charge in [-0.15, -0.1) is 11.3 Å². The maximum absolute atomic E-state index is 12.7. The molecule has 1 unspecified atom stereocenters. The lowest BCUT2D eigenvalue weighted by atomic mass is 9.72. The summed E-state index contributed by atoms with van der Waals surface area (Å²) >= 11 is 1.79. The first-order valence-corrected chi connectivity index (χ1v) is 8.81. The summed E-state index contributed by atoms with van der Waals surface area (Å²) in [6.45, 7) is 9.79. The molecule has 0 bridgehead atoms. The zero-order valence-corrected chi connectivity index (χ0v) is 14.1. The third-order valence-corrected chi connectivity index (χ3v) is 5.96. The first-order chi connectivity index (χ1) is 9.97. The Labute approximate surface area is 131 Å². The van der Waals surface area contributed by atoms with Crippen LogP contribution in [0.3, 0.4) is 0 Å². The summed E-state index contributed by atoms with van der Waals surface area (Å²) in [6, 6.07) is 0. The molecule has 0 spiro atoms. The molecule has 2 aliphatic rings. The summed E-state index contributed by atoms with van der Waals surface area (Å²) in [4.78, 5) is 16.1. The standard InChI is InChI=1S/C17H25NO2S/c1-17(2,3)12-4-5-13-14(11-21-15(13)10-12)16(19)18-6-8-20-9-7-18/h11-12H,4-10H2,1-3H3. The van der Waals surface area contributed by atoms with Gasteiger partial charge in [0.2, 0.25) is 0 Å². The number of ether oxygens (including phenoxy) is 1. The lowest BCUT2D eigenvalue weighted by Crippen LogP contribution is -2.41. The Morgan fingerprint density at radius 1 is 1.33 bits per heavy atom. The van der Waals surface area contributed by atoms with E-state index in [-0.39, 0.29) is 5.91 Å². The van der Waals surface area contributed by atoms with Crippen LogP contribution in [0.2, 0.25) is 0 Å². The lowest BCUT2D eigenvalue weighted by molar-refractivity contribution is 0.0302. The van der Waals surface area contributed by atoms with Gasteiger partial charge in [-0.25, -0.2) is 0 Å². The van der Waals surface area contributed by atoms with Gasteiger partial charge in [0.1, 0.15) is 0 Å². The highest BCUT2D eigenvalue weighted by molar-refractivity contribution is 7.10. The topological polar surface area (TPSA) is 29.5 Å². The summed E-state index contributed by atoms with van der Waals surface area (Å²) < 4.78 is 5.34. The van der Waals surface area contributed by atoms with Crippen LogP contribution in [0.4, 0.5) is 0 Å². The van der Waals surface area contributed by atoms with Gasteiger partial charge in [0, 0.05) is 23.3 Å². The first kappa shape index (κ1) is 15.0. The number of carbonyl (C=O) groups is 1. The van der Waals surface area contributed by atoms with Crippen LogP contribution in [-0.4, -0.2) is 37.1 Å². The summed E-state index contributed by atoms with van der Waals surface area (Å²) in [6.07, 6.45) is 3.41. The Bertz CT molecular complexity index is 523. The molecule has 1 aliphatic heterocycles. The quantitative estimate of drug-likeness (QED) is 0.796. The molecule has 0 radical (unpaired) electrons. The van der Waals surface area contributed by atoms with Crippen LogP contribution in [0, 0.1) is 11.3 Å². The van der Waals surface area contributed by atoms with Gasteiger partial charge in [0.25, 0.3) is 5.91 Å². The second-order valence-electron chi connectivity index (χ2n) is 7.26. The molecule has 1 amide bonds. The van der Waals surface area contributed by atoms with Crippen molar-refractivity contribution in [1.82, 2.24) is 4.90 Å². The molecular weight excluding hydrogens is 282 g/mol. The highest BCUT2D eigenvalue weighted by Gasteiger charge is 2.32. The lowest BCUT2D eigenvalue weighted by Gasteiger charge is -2.34. The molecule has 1 aromatic heterocycles. The van der Waals surface area contributed by atoms with E-state index >= 15 is 0 Å². The van der Waals surface area contributed by atoms with Gasteiger partial charge in [-0.05, 0) is 36.2 Å². The maximum atomic E-state index is 12.7. The average molecular weight is 307 g/mol. The monoisotopic (exact) mass is 307 g/mol. The predicted octanol–water partition coefficient (Wildman–Crippen LogP) is 3.37. The molecule has 2 heterocycles. The largest absolute Gasteiger partial charge is 0.378 e. The van der Waals surface area contributed by atoms with E-state index in [0.29, 0.717) is 18.6 Å². The van der Waals surface area contributed by atoms with Gasteiger partial charge in [-0.3, -0.25) is 4.79 Å². The minimum atomic E-state index is 0.213. The van der Waals surface area contributed by atoms with Crippen molar-refractivity contribution in [2.24, 2.45) is 11.3 Å². The SMILES string of the molecule is CC(C)(C)C1CCc2c(C(=O)N3CCOCC3)csc2C1. The molecule has 116 valence electrons. The van der Waals surface area contributed by atoms with Crippen molar-refractivity contribution in [2.75, 3.05) is 26.3 Å². The van der Waals surface area contributed by atoms with E-state index in [0.717, 1.165) is 37.4 Å². The number of morpholine rings is 1. The van der Waals surface area contributed by atoms with Gasteiger partial charge in [-0.2, -0.15) is 0 Å². The van der Waals surface area contributed by atoms with Crippen LogP contribution in [0.15, 0.2) is 5.38 Å². The molecule has 4 heteroatoms. The van der Waals surface area contributed by atoms with E-state index < -0.39 is 0 Å². The number of hydrogen-bond acceptors (Lipinski definition) is 3. The van der Waals surface area contributed by atoms with Crippen molar-refractivity contribution < 1.29 is 9.53 Å². The van der Waals surface area contributed by atoms with E-state index in [9.17, 15) is 4.79 Å². The van der Waals surface area contributed by atoms with Crippen LogP contribution in [0.5, 0.6) is 0 Å². The smallest absolute Gasteiger partial charge is 0.255 e. The van der Waals surface area contributed by atoms with Crippen molar-refractivity contribution in [3.8, 4) is 0 Å². The molecule has 1 saturated heterocycles. The Morgan fingerprint density at radius 3 is 2.71 bits per heavy atom. The van der Waals surface area contributed by atoms with E-state index in [1.54, 1.807) is 11.3 Å². The van der Waals surface area contributed by atoms with Crippen molar-refractivity contribution >= 4 is 17.2 Å². The Kier molecular flexibility index (Phi) is 4.10. The summed E-state index contributed by atoms with van der Waals surface area (Å²) in [5, 5.41) is 2.09. The van der Waals surface area contributed by atoms with Crippen LogP contribution in [-0.2, 0) is 17.6 Å². The van der Waals surface area contributed by atoms with Crippen LogP contribution in [0.1, 0.15) is 48.0 Å². The van der Waals surface area contributed by atoms with Crippen molar-refractivity contribution in [1.29, 1.82) is 0 Å². The summed E-state index contributed by atoms with van der Waals surface area (Å²) in [5.74, 6) is 0.944. The second-order valence-corrected chi connectivity index (χ2v) is 8.23. The molecule has 1 atom stereocenters. The number of amides is 1. The minimum Gasteiger partial charge on any atom is -0.378 e. The van der Waals surface area contributed by atoms with E-state index in [1.807, 2.05) is 4.90 Å². The van der Waals surface area contributed by atoms with Crippen LogP contribution < -0.4 is 0 Å². The van der Waals surface area contributed by atoms with E-state index in [4.69, 9.17) is 4.74 Å². The third kappa shape index (κ3) is 3.02. The molecule has 1 aromatic rings. The van der Waals surface area contributed by atoms with Gasteiger partial charge in [0.05, 0.1) is 18.8 Å². The fourth-order valence-electron chi connectivity index (χ4n) is 3.37. The maximum Gasteiger partial charge on any atom is 0.255 e. The summed E-state index contributed by atoms with van der Waals surface area (Å²) in [7, 11) is 0. The first-order valence-electron chi connectivity index (χ1n) is 7.93. The van der Waals surface area contributed by atoms with E-state index in [2.05, 4.69) is 26.2 Å². The molecule has 0 N–H and O–H groups in total. The predicted molar refractivity (Wildman–Crippen MR) is 86.0 cm³/mol. The normalized spacial score (nSPS) is 23.0. The number of carbonyl (C=O) groups excluding carboxylic acids is 1. The molecule has 1 aliphatic carbocycles. The van der Waals surface area contributed by atoms with Gasteiger partial charge in [0.15, 0.2) is 0 Å². The zero-order valence-electron chi connectivity index (χ0n) is 13.3. The minimum absolute atomic E-state index is 0.213. The zero-order chi connectivity index (χ0) is 15.0. The van der Waals surface area contributed by atoms with Crippen molar-refractivity contribution in [3.05, 3.63) is 21.4 Å². The second kappa shape index (κ2) is 5.73. The highest BCUT2D eigenvalue weighted by Crippen LogP contribution is 2.40. The molecule has 21 heavy (non-hydrogen) atoms. The molecule has 1 fully saturated rings. The number of thiophene rings is 1. The number of rotatable bonds is 1. The van der Waals surface area contributed by atoms with Crippen molar-refractivity contribution in [3.63, 3.8) is 0 Å². The molecule has 0 aromatic carbocycles. The third-order valence-electron chi connectivity index (χ3n) is 4.91. The number of fused-ring (bicyclic) bond motifs is 1. The number of nitrogens with zero attached hydrogens (tertiary/aromatic N) is 1. The van der Waals surface area contributed by atoms with Crippen molar-refractivity contribution in [2.45, 2.75) is 40.0 Å². The Hall–Kier alpha value is -0.870. The number of hydrogen-bond donors (Lipinski definition) is 0. The Morgan fingerprint density at radius 2 is 2.05 bits per heavy atom. The summed E-state index contributed by atoms with van der Waals surface area (Å²) in [5.41, 5.74) is 2.65. The van der Waals surface area contributed by atoms with Crippen LogP contribution in [0.25, 0.3) is 0 Å². The van der Waals surface area contributed by atoms with Gasteiger partial charge >= 0.3 is 0 Å². The van der Waals surface area contributed by atoms with Gasteiger partial charge in [-0.1, -0.05) is 20.8 Å². The molecule has 3 rings (SSSR count). The average Bonchev–Trinajstić information content (AvgIpc) is 2.89. The molecule has 0 saturated carbocycles. The van der Waals surface area contributed by atoms with Crippen LogP contribution >= 0.6 is 11.3 Å². The molecular formula is C17H25NO2S. The highest BCUT2D eigenvalue weighted by atomic mass is 32.1. The van der Waals surface area contributed by atoms with Gasteiger partial charge < -0.3 is 9.64 Å². The van der Waals surface area contributed by atoms with E-state index in [1.165, 1.54) is 16.9 Å². The Balaban J connectivity index is 1.78. The fourth-order valence-corrected chi connectivity index (χ4v) is 4.52.